The van der Waals surface area contributed by atoms with E-state index in [1.54, 1.807) is 12.5 Å². The molecular formula is C10H15NO3. The quantitative estimate of drug-likeness (QED) is 0.682. The molecule has 0 amide bonds. The van der Waals surface area contributed by atoms with Crippen molar-refractivity contribution >= 4 is 5.97 Å². The van der Waals surface area contributed by atoms with Gasteiger partial charge in [-0.25, -0.2) is 0 Å². The molecule has 4 nitrogen and oxygen atoms in total. The predicted molar refractivity (Wildman–Crippen MR) is 52.0 cm³/mol. The van der Waals surface area contributed by atoms with Crippen LogP contribution in [0, 0.1) is 0 Å². The largest absolute Gasteiger partial charge is 0.481 e. The molecule has 0 fully saturated rings. The highest BCUT2D eigenvalue weighted by molar-refractivity contribution is 5.66. The van der Waals surface area contributed by atoms with E-state index < -0.39 is 5.97 Å². The molecule has 78 valence electrons. The number of hydrogen-bond acceptors (Lipinski definition) is 3. The van der Waals surface area contributed by atoms with Gasteiger partial charge in [0.2, 0.25) is 0 Å². The first-order valence-electron chi connectivity index (χ1n) is 4.67. The van der Waals surface area contributed by atoms with Gasteiger partial charge in [-0.1, -0.05) is 0 Å². The molecule has 1 aromatic rings. The van der Waals surface area contributed by atoms with E-state index in [1.165, 1.54) is 0 Å². The second kappa shape index (κ2) is 5.44. The number of carboxylic acids is 1. The van der Waals surface area contributed by atoms with Crippen LogP contribution < -0.4 is 5.32 Å². The zero-order chi connectivity index (χ0) is 10.4. The SMILES string of the molecule is CC(NCCCC(=O)O)c1ccoc1. The predicted octanol–water partition coefficient (Wildman–Crippen LogP) is 1.79. The number of aliphatic carboxylic acids is 1. The van der Waals surface area contributed by atoms with Crippen molar-refractivity contribution in [3.8, 4) is 0 Å². The van der Waals surface area contributed by atoms with Gasteiger partial charge in [-0.3, -0.25) is 4.79 Å². The third kappa shape index (κ3) is 3.62. The van der Waals surface area contributed by atoms with E-state index in [-0.39, 0.29) is 12.5 Å². The Labute approximate surface area is 82.9 Å². The van der Waals surface area contributed by atoms with E-state index in [0.717, 1.165) is 5.56 Å². The Hall–Kier alpha value is -1.29. The average molecular weight is 197 g/mol. The van der Waals surface area contributed by atoms with Crippen LogP contribution in [-0.4, -0.2) is 17.6 Å². The fourth-order valence-electron chi connectivity index (χ4n) is 1.20. The molecule has 0 aliphatic carbocycles. The van der Waals surface area contributed by atoms with Crippen LogP contribution in [0.4, 0.5) is 0 Å². The third-order valence-electron chi connectivity index (χ3n) is 2.06. The summed E-state index contributed by atoms with van der Waals surface area (Å²) in [5, 5.41) is 11.6. The zero-order valence-electron chi connectivity index (χ0n) is 8.19. The molecule has 1 atom stereocenters. The van der Waals surface area contributed by atoms with Crippen LogP contribution in [0.25, 0.3) is 0 Å². The van der Waals surface area contributed by atoms with Crippen molar-refractivity contribution in [3.05, 3.63) is 24.2 Å². The van der Waals surface area contributed by atoms with Crippen molar-refractivity contribution in [2.45, 2.75) is 25.8 Å². The molecule has 4 heteroatoms. The fourth-order valence-corrected chi connectivity index (χ4v) is 1.20. The minimum absolute atomic E-state index is 0.211. The van der Waals surface area contributed by atoms with Gasteiger partial charge in [-0.05, 0) is 26.0 Å². The minimum Gasteiger partial charge on any atom is -0.481 e. The van der Waals surface area contributed by atoms with Gasteiger partial charge in [0.1, 0.15) is 0 Å². The third-order valence-corrected chi connectivity index (χ3v) is 2.06. The molecule has 0 aliphatic rings. The summed E-state index contributed by atoms with van der Waals surface area (Å²) in [6, 6.07) is 2.11. The number of carbonyl (C=O) groups is 1. The lowest BCUT2D eigenvalue weighted by Gasteiger charge is -2.10. The maximum absolute atomic E-state index is 10.2. The van der Waals surface area contributed by atoms with Gasteiger partial charge >= 0.3 is 5.97 Å². The number of furan rings is 1. The normalized spacial score (nSPS) is 12.6. The summed E-state index contributed by atoms with van der Waals surface area (Å²) >= 11 is 0. The maximum Gasteiger partial charge on any atom is 0.303 e. The highest BCUT2D eigenvalue weighted by Crippen LogP contribution is 2.11. The van der Waals surface area contributed by atoms with E-state index in [1.807, 2.05) is 13.0 Å². The average Bonchev–Trinajstić information content (AvgIpc) is 2.64. The Kier molecular flexibility index (Phi) is 4.19. The van der Waals surface area contributed by atoms with Gasteiger partial charge in [0.25, 0.3) is 0 Å². The summed E-state index contributed by atoms with van der Waals surface area (Å²) in [5.41, 5.74) is 1.08. The van der Waals surface area contributed by atoms with Crippen molar-refractivity contribution in [1.29, 1.82) is 0 Å². The van der Waals surface area contributed by atoms with Crippen LogP contribution in [-0.2, 0) is 4.79 Å². The van der Waals surface area contributed by atoms with Gasteiger partial charge in [0, 0.05) is 18.0 Å². The summed E-state index contributed by atoms with van der Waals surface area (Å²) in [4.78, 5) is 10.2. The number of nitrogens with one attached hydrogen (secondary N) is 1. The topological polar surface area (TPSA) is 62.5 Å². The summed E-state index contributed by atoms with van der Waals surface area (Å²) in [6.07, 6.45) is 4.18. The molecule has 0 spiro atoms. The van der Waals surface area contributed by atoms with Crippen LogP contribution in [0.5, 0.6) is 0 Å². The molecule has 2 N–H and O–H groups in total. The van der Waals surface area contributed by atoms with Crippen molar-refractivity contribution in [1.82, 2.24) is 5.32 Å². The Bertz CT molecular complexity index is 269. The molecule has 14 heavy (non-hydrogen) atoms. The van der Waals surface area contributed by atoms with Crippen molar-refractivity contribution in [2.24, 2.45) is 0 Å². The monoisotopic (exact) mass is 197 g/mol. The van der Waals surface area contributed by atoms with Crippen molar-refractivity contribution in [3.63, 3.8) is 0 Å². The molecule has 0 radical (unpaired) electrons. The van der Waals surface area contributed by atoms with Gasteiger partial charge in [0.05, 0.1) is 12.5 Å². The van der Waals surface area contributed by atoms with E-state index in [2.05, 4.69) is 5.32 Å². The second-order valence-corrected chi connectivity index (χ2v) is 3.23. The molecule has 0 bridgehead atoms. The summed E-state index contributed by atoms with van der Waals surface area (Å²) < 4.78 is 4.95. The highest BCUT2D eigenvalue weighted by atomic mass is 16.4. The molecule has 0 saturated heterocycles. The maximum atomic E-state index is 10.2. The number of carboxylic acid groups (broad SMARTS) is 1. The van der Waals surface area contributed by atoms with E-state index in [4.69, 9.17) is 9.52 Å². The Balaban J connectivity index is 2.16. The number of rotatable bonds is 6. The Morgan fingerprint density at radius 3 is 3.07 bits per heavy atom. The van der Waals surface area contributed by atoms with E-state index >= 15 is 0 Å². The van der Waals surface area contributed by atoms with Crippen molar-refractivity contribution < 1.29 is 14.3 Å². The molecule has 1 unspecified atom stereocenters. The van der Waals surface area contributed by atoms with E-state index in [0.29, 0.717) is 13.0 Å². The summed E-state index contributed by atoms with van der Waals surface area (Å²) in [6.45, 7) is 2.73. The lowest BCUT2D eigenvalue weighted by Crippen LogP contribution is -2.20. The Morgan fingerprint density at radius 1 is 1.71 bits per heavy atom. The molecule has 0 aliphatic heterocycles. The van der Waals surface area contributed by atoms with Crippen molar-refractivity contribution in [2.75, 3.05) is 6.54 Å². The van der Waals surface area contributed by atoms with Crippen LogP contribution >= 0.6 is 0 Å². The first kappa shape index (κ1) is 10.8. The summed E-state index contributed by atoms with van der Waals surface area (Å²) in [5.74, 6) is -0.747. The lowest BCUT2D eigenvalue weighted by molar-refractivity contribution is -0.137. The summed E-state index contributed by atoms with van der Waals surface area (Å²) in [7, 11) is 0. The molecule has 1 rings (SSSR count). The van der Waals surface area contributed by atoms with Gasteiger partial charge in [-0.2, -0.15) is 0 Å². The molecular weight excluding hydrogens is 182 g/mol. The standard InChI is InChI=1S/C10H15NO3/c1-8(9-4-6-14-7-9)11-5-2-3-10(12)13/h4,6-8,11H,2-3,5H2,1H3,(H,12,13). The second-order valence-electron chi connectivity index (χ2n) is 3.23. The van der Waals surface area contributed by atoms with Crippen LogP contribution in [0.3, 0.4) is 0 Å². The molecule has 1 heterocycles. The molecule has 0 saturated carbocycles. The highest BCUT2D eigenvalue weighted by Gasteiger charge is 2.05. The molecule has 1 aromatic heterocycles. The molecule has 0 aromatic carbocycles. The van der Waals surface area contributed by atoms with Crippen LogP contribution in [0.2, 0.25) is 0 Å². The first-order chi connectivity index (χ1) is 6.70. The smallest absolute Gasteiger partial charge is 0.303 e. The Morgan fingerprint density at radius 2 is 2.50 bits per heavy atom. The van der Waals surface area contributed by atoms with Crippen LogP contribution in [0.15, 0.2) is 23.0 Å². The van der Waals surface area contributed by atoms with Gasteiger partial charge < -0.3 is 14.8 Å². The number of hydrogen-bond donors (Lipinski definition) is 2. The van der Waals surface area contributed by atoms with Crippen LogP contribution in [0.1, 0.15) is 31.4 Å². The zero-order valence-corrected chi connectivity index (χ0v) is 8.19. The van der Waals surface area contributed by atoms with Gasteiger partial charge in [0.15, 0.2) is 0 Å². The minimum atomic E-state index is -0.747. The fraction of sp³-hybridized carbons (Fsp3) is 0.500. The van der Waals surface area contributed by atoms with Gasteiger partial charge in [-0.15, -0.1) is 0 Å². The lowest BCUT2D eigenvalue weighted by atomic mass is 10.2. The first-order valence-corrected chi connectivity index (χ1v) is 4.67. The van der Waals surface area contributed by atoms with E-state index in [9.17, 15) is 4.79 Å².